The molecule has 8 nitrogen and oxygen atoms in total. The average Bonchev–Trinajstić information content (AvgIpc) is 2.73. The van der Waals surface area contributed by atoms with E-state index in [1.807, 2.05) is 20.8 Å². The third-order valence-electron chi connectivity index (χ3n) is 5.79. The molecule has 0 fully saturated rings. The van der Waals surface area contributed by atoms with E-state index >= 15 is 0 Å². The second kappa shape index (κ2) is 10.6. The van der Waals surface area contributed by atoms with Gasteiger partial charge in [0.2, 0.25) is 11.8 Å². The molecule has 2 N–H and O–H groups in total. The second-order valence-electron chi connectivity index (χ2n) is 8.71. The van der Waals surface area contributed by atoms with Crippen LogP contribution in [-0.2, 0) is 24.3 Å². The molecule has 2 aromatic carbocycles. The number of anilines is 2. The molecule has 1 heterocycles. The summed E-state index contributed by atoms with van der Waals surface area (Å²) in [7, 11) is -4.15. The van der Waals surface area contributed by atoms with Crippen LogP contribution >= 0.6 is 0 Å². The molecule has 0 radical (unpaired) electrons. The number of carbonyl (C=O) groups is 2. The van der Waals surface area contributed by atoms with Crippen LogP contribution in [0.1, 0.15) is 43.4 Å². The van der Waals surface area contributed by atoms with E-state index in [0.717, 1.165) is 9.87 Å². The van der Waals surface area contributed by atoms with Crippen molar-refractivity contribution in [1.82, 2.24) is 5.32 Å². The Bertz CT molecular complexity index is 1160. The Morgan fingerprint density at radius 1 is 1.18 bits per heavy atom. The van der Waals surface area contributed by atoms with Gasteiger partial charge in [0.15, 0.2) is 0 Å². The maximum atomic E-state index is 14.0. The fourth-order valence-electron chi connectivity index (χ4n) is 4.39. The van der Waals surface area contributed by atoms with E-state index in [1.165, 1.54) is 0 Å². The predicted octanol–water partition coefficient (Wildman–Crippen LogP) is 3.45. The van der Waals surface area contributed by atoms with Crippen molar-refractivity contribution < 1.29 is 22.7 Å². The molecule has 2 atom stereocenters. The number of benzene rings is 2. The fourth-order valence-corrected chi connectivity index (χ4v) is 6.44. The molecule has 2 amide bonds. The summed E-state index contributed by atoms with van der Waals surface area (Å²) in [6, 6.07) is 8.93. The van der Waals surface area contributed by atoms with Gasteiger partial charge in [0.25, 0.3) is 10.0 Å². The normalized spacial score (nSPS) is 16.6. The van der Waals surface area contributed by atoms with Crippen molar-refractivity contribution in [1.29, 1.82) is 0 Å². The minimum Gasteiger partial charge on any atom is -0.382 e. The molecule has 2 unspecified atom stereocenters. The minimum absolute atomic E-state index is 0.151. The minimum atomic E-state index is -4.15. The summed E-state index contributed by atoms with van der Waals surface area (Å²) < 4.78 is 34.5. The summed E-state index contributed by atoms with van der Waals surface area (Å²) in [5, 5.41) is 5.61. The lowest BCUT2D eigenvalue weighted by Crippen LogP contribution is -2.53. The van der Waals surface area contributed by atoms with Gasteiger partial charge < -0.3 is 15.4 Å². The number of rotatable bonds is 9. The van der Waals surface area contributed by atoms with Gasteiger partial charge in [-0.3, -0.25) is 13.9 Å². The molecule has 34 heavy (non-hydrogen) atoms. The summed E-state index contributed by atoms with van der Waals surface area (Å²) in [5.41, 5.74) is 2.86. The zero-order chi connectivity index (χ0) is 25.0. The highest BCUT2D eigenvalue weighted by Crippen LogP contribution is 2.38. The van der Waals surface area contributed by atoms with Gasteiger partial charge in [-0.1, -0.05) is 29.8 Å². The van der Waals surface area contributed by atoms with Crippen molar-refractivity contribution in [2.45, 2.75) is 64.4 Å². The number of para-hydroxylation sites is 2. The molecule has 0 saturated carbocycles. The van der Waals surface area contributed by atoms with Crippen LogP contribution in [0.2, 0.25) is 0 Å². The van der Waals surface area contributed by atoms with E-state index in [-0.39, 0.29) is 17.4 Å². The molecule has 0 bridgehead atoms. The van der Waals surface area contributed by atoms with Gasteiger partial charge >= 0.3 is 0 Å². The van der Waals surface area contributed by atoms with Crippen LogP contribution in [-0.4, -0.2) is 45.5 Å². The third kappa shape index (κ3) is 5.42. The molecule has 0 aromatic heterocycles. The first-order valence-electron chi connectivity index (χ1n) is 11.5. The van der Waals surface area contributed by atoms with Crippen molar-refractivity contribution in [2.24, 2.45) is 0 Å². The number of sulfonamides is 1. The average molecular weight is 488 g/mol. The molecule has 9 heteroatoms. The lowest BCUT2D eigenvalue weighted by molar-refractivity contribution is -0.125. The lowest BCUT2D eigenvalue weighted by atomic mass is 10.1. The van der Waals surface area contributed by atoms with Crippen molar-refractivity contribution >= 4 is 33.2 Å². The molecule has 1 aliphatic rings. The van der Waals surface area contributed by atoms with Crippen LogP contribution in [0.25, 0.3) is 0 Å². The van der Waals surface area contributed by atoms with Gasteiger partial charge in [0, 0.05) is 19.3 Å². The van der Waals surface area contributed by atoms with Gasteiger partial charge in [-0.15, -0.1) is 0 Å². The molecular weight excluding hydrogens is 454 g/mol. The van der Waals surface area contributed by atoms with Crippen LogP contribution in [0.3, 0.4) is 0 Å². The number of hydrogen-bond donors (Lipinski definition) is 2. The number of fused-ring (bicyclic) bond motifs is 1. The monoisotopic (exact) mass is 487 g/mol. The van der Waals surface area contributed by atoms with E-state index in [1.54, 1.807) is 50.2 Å². The zero-order valence-electron chi connectivity index (χ0n) is 20.3. The van der Waals surface area contributed by atoms with Crippen LogP contribution in [0.5, 0.6) is 0 Å². The molecule has 0 spiro atoms. The molecular formula is C25H33N3O5S. The molecule has 1 aliphatic heterocycles. The highest BCUT2D eigenvalue weighted by atomic mass is 32.2. The summed E-state index contributed by atoms with van der Waals surface area (Å²) >= 11 is 0. The van der Waals surface area contributed by atoms with Crippen molar-refractivity contribution in [3.05, 3.63) is 53.1 Å². The SMILES string of the molecule is CCOCCC(C)NC(=O)CC1C(=O)Nc2ccccc2N1S(=O)(=O)c1c(C)cc(C)cc1C. The Morgan fingerprint density at radius 2 is 1.82 bits per heavy atom. The Balaban J connectivity index is 1.99. The number of aryl methyl sites for hydroxylation is 3. The number of amides is 2. The highest BCUT2D eigenvalue weighted by Gasteiger charge is 2.43. The first kappa shape index (κ1) is 25.7. The van der Waals surface area contributed by atoms with E-state index in [2.05, 4.69) is 10.6 Å². The number of hydrogen-bond acceptors (Lipinski definition) is 5. The van der Waals surface area contributed by atoms with E-state index in [4.69, 9.17) is 4.74 Å². The van der Waals surface area contributed by atoms with Crippen molar-refractivity contribution in [3.8, 4) is 0 Å². The van der Waals surface area contributed by atoms with Gasteiger partial charge in [-0.2, -0.15) is 0 Å². The summed E-state index contributed by atoms with van der Waals surface area (Å²) in [4.78, 5) is 26.1. The number of ether oxygens (including phenoxy) is 1. The van der Waals surface area contributed by atoms with Crippen LogP contribution in [0.4, 0.5) is 11.4 Å². The molecule has 184 valence electrons. The molecule has 3 rings (SSSR count). The van der Waals surface area contributed by atoms with E-state index in [9.17, 15) is 18.0 Å². The van der Waals surface area contributed by atoms with Crippen molar-refractivity contribution in [2.75, 3.05) is 22.8 Å². The van der Waals surface area contributed by atoms with Crippen LogP contribution in [0.15, 0.2) is 41.3 Å². The van der Waals surface area contributed by atoms with Gasteiger partial charge in [0.05, 0.1) is 22.7 Å². The smallest absolute Gasteiger partial charge is 0.265 e. The topological polar surface area (TPSA) is 105 Å². The van der Waals surface area contributed by atoms with E-state index < -0.39 is 27.9 Å². The predicted molar refractivity (Wildman–Crippen MR) is 133 cm³/mol. The summed E-state index contributed by atoms with van der Waals surface area (Å²) in [5.74, 6) is -0.942. The standard InChI is InChI=1S/C25H33N3O5S/c1-6-33-12-11-19(5)26-23(29)15-22-25(30)27-20-9-7-8-10-21(20)28(22)34(31,32)24-17(3)13-16(2)14-18(24)4/h7-10,13-14,19,22H,6,11-12,15H2,1-5H3,(H,26,29)(H,27,30). The Morgan fingerprint density at radius 3 is 2.47 bits per heavy atom. The maximum Gasteiger partial charge on any atom is 0.265 e. The first-order valence-corrected chi connectivity index (χ1v) is 12.9. The fraction of sp³-hybridized carbons (Fsp3) is 0.440. The largest absolute Gasteiger partial charge is 0.382 e. The maximum absolute atomic E-state index is 14.0. The second-order valence-corrected chi connectivity index (χ2v) is 10.5. The quantitative estimate of drug-likeness (QED) is 0.527. The summed E-state index contributed by atoms with van der Waals surface area (Å²) in [6.07, 6.45) is 0.311. The van der Waals surface area contributed by atoms with Gasteiger partial charge in [-0.05, 0) is 64.3 Å². The van der Waals surface area contributed by atoms with Crippen molar-refractivity contribution in [3.63, 3.8) is 0 Å². The number of nitrogens with zero attached hydrogens (tertiary/aromatic N) is 1. The Kier molecular flexibility index (Phi) is 7.99. The first-order chi connectivity index (χ1) is 16.1. The van der Waals surface area contributed by atoms with Gasteiger partial charge in [-0.25, -0.2) is 8.42 Å². The third-order valence-corrected chi connectivity index (χ3v) is 7.92. The number of carbonyl (C=O) groups excluding carboxylic acids is 2. The summed E-state index contributed by atoms with van der Waals surface area (Å²) in [6.45, 7) is 10.2. The molecule has 2 aromatic rings. The van der Waals surface area contributed by atoms with E-state index in [0.29, 0.717) is 42.1 Å². The Labute approximate surface area is 201 Å². The molecule has 0 saturated heterocycles. The highest BCUT2D eigenvalue weighted by molar-refractivity contribution is 7.93. The lowest BCUT2D eigenvalue weighted by Gasteiger charge is -2.37. The zero-order valence-corrected chi connectivity index (χ0v) is 21.2. The molecule has 0 aliphatic carbocycles. The van der Waals surface area contributed by atoms with Crippen LogP contribution < -0.4 is 14.9 Å². The Hall–Kier alpha value is -2.91. The van der Waals surface area contributed by atoms with Gasteiger partial charge in [0.1, 0.15) is 6.04 Å². The van der Waals surface area contributed by atoms with Crippen LogP contribution in [0, 0.1) is 20.8 Å². The number of nitrogens with one attached hydrogen (secondary N) is 2.